The van der Waals surface area contributed by atoms with E-state index < -0.39 is 0 Å². The molecule has 0 aliphatic carbocycles. The Balaban J connectivity index is 4.32. The van der Waals surface area contributed by atoms with Gasteiger partial charge < -0.3 is 0 Å². The molecular weight excluding hydrogens is 116 g/mol. The fraction of sp³-hybridized carbons (Fsp3) is 0.286. The standard InChI is InChI=1S/C7H8O2/c1-3-6(5-8)7(9)4-2/h4H,2-3H2,1H3. The van der Waals surface area contributed by atoms with Crippen molar-refractivity contribution < 1.29 is 9.59 Å². The quantitative estimate of drug-likeness (QED) is 0.414. The summed E-state index contributed by atoms with van der Waals surface area (Å²) in [5, 5.41) is 0. The SMILES string of the molecule is C=CC(=O)C(=C=O)CC. The maximum Gasteiger partial charge on any atom is 0.192 e. The molecule has 0 amide bonds. The monoisotopic (exact) mass is 124 g/mol. The predicted molar refractivity (Wildman–Crippen MR) is 34.7 cm³/mol. The topological polar surface area (TPSA) is 34.1 Å². The van der Waals surface area contributed by atoms with Crippen LogP contribution in [0.1, 0.15) is 13.3 Å². The number of carbonyl (C=O) groups is 1. The summed E-state index contributed by atoms with van der Waals surface area (Å²) >= 11 is 0. The summed E-state index contributed by atoms with van der Waals surface area (Å²) in [5.41, 5.74) is 0.157. The molecule has 2 nitrogen and oxygen atoms in total. The van der Waals surface area contributed by atoms with Crippen LogP contribution in [0.25, 0.3) is 0 Å². The van der Waals surface area contributed by atoms with Crippen LogP contribution in [0.4, 0.5) is 0 Å². The van der Waals surface area contributed by atoms with Gasteiger partial charge in [-0.25, -0.2) is 4.79 Å². The molecule has 0 bridgehead atoms. The molecule has 0 radical (unpaired) electrons. The third-order valence-corrected chi connectivity index (χ3v) is 0.960. The molecule has 0 saturated carbocycles. The largest absolute Gasteiger partial charge is 0.289 e. The first kappa shape index (κ1) is 7.86. The van der Waals surface area contributed by atoms with Gasteiger partial charge in [0.25, 0.3) is 0 Å². The van der Waals surface area contributed by atoms with E-state index in [4.69, 9.17) is 0 Å². The van der Waals surface area contributed by atoms with Gasteiger partial charge in [-0.1, -0.05) is 13.5 Å². The molecule has 9 heavy (non-hydrogen) atoms. The summed E-state index contributed by atoms with van der Waals surface area (Å²) in [6.45, 7) is 4.95. The number of hydrogen-bond donors (Lipinski definition) is 0. The summed E-state index contributed by atoms with van der Waals surface area (Å²) in [6, 6.07) is 0. The van der Waals surface area contributed by atoms with E-state index in [9.17, 15) is 9.59 Å². The van der Waals surface area contributed by atoms with Gasteiger partial charge in [0.05, 0.1) is 5.57 Å². The molecule has 0 aromatic carbocycles. The van der Waals surface area contributed by atoms with Crippen LogP contribution in [-0.4, -0.2) is 11.7 Å². The second-order valence-corrected chi connectivity index (χ2v) is 1.50. The zero-order chi connectivity index (χ0) is 7.28. The maximum absolute atomic E-state index is 10.6. The van der Waals surface area contributed by atoms with E-state index in [1.54, 1.807) is 12.9 Å². The van der Waals surface area contributed by atoms with E-state index in [0.717, 1.165) is 6.08 Å². The number of carbonyl (C=O) groups excluding carboxylic acids is 2. The van der Waals surface area contributed by atoms with Crippen LogP contribution in [0.5, 0.6) is 0 Å². The van der Waals surface area contributed by atoms with Gasteiger partial charge in [-0.05, 0) is 12.5 Å². The lowest BCUT2D eigenvalue weighted by Crippen LogP contribution is -1.96. The molecule has 2 heteroatoms. The van der Waals surface area contributed by atoms with Crippen molar-refractivity contribution in [1.29, 1.82) is 0 Å². The highest BCUT2D eigenvalue weighted by molar-refractivity contribution is 6.08. The second-order valence-electron chi connectivity index (χ2n) is 1.50. The zero-order valence-electron chi connectivity index (χ0n) is 5.31. The van der Waals surface area contributed by atoms with E-state index in [1.807, 2.05) is 0 Å². The van der Waals surface area contributed by atoms with Gasteiger partial charge in [-0.3, -0.25) is 4.79 Å². The van der Waals surface area contributed by atoms with E-state index in [1.165, 1.54) is 0 Å². The highest BCUT2D eigenvalue weighted by Gasteiger charge is 2.01. The van der Waals surface area contributed by atoms with Gasteiger partial charge in [0.2, 0.25) is 0 Å². The van der Waals surface area contributed by atoms with Gasteiger partial charge in [0.15, 0.2) is 5.78 Å². The average Bonchev–Trinajstić information content (AvgIpc) is 1.90. The van der Waals surface area contributed by atoms with Gasteiger partial charge in [-0.15, -0.1) is 0 Å². The van der Waals surface area contributed by atoms with Crippen molar-refractivity contribution in [3.63, 3.8) is 0 Å². The summed E-state index contributed by atoms with van der Waals surface area (Å²) in [7, 11) is 0. The van der Waals surface area contributed by atoms with Gasteiger partial charge in [-0.2, -0.15) is 0 Å². The Kier molecular flexibility index (Phi) is 3.33. The molecule has 0 aromatic heterocycles. The van der Waals surface area contributed by atoms with Crippen molar-refractivity contribution in [2.24, 2.45) is 0 Å². The van der Waals surface area contributed by atoms with Crippen LogP contribution in [0.15, 0.2) is 18.2 Å². The molecule has 0 rings (SSSR count). The molecule has 0 atom stereocenters. The van der Waals surface area contributed by atoms with Crippen molar-refractivity contribution >= 4 is 11.7 Å². The summed E-state index contributed by atoms with van der Waals surface area (Å²) < 4.78 is 0. The molecule has 0 aliphatic heterocycles. The number of hydrogen-bond acceptors (Lipinski definition) is 2. The van der Waals surface area contributed by atoms with Gasteiger partial charge in [0.1, 0.15) is 5.94 Å². The van der Waals surface area contributed by atoms with Crippen LogP contribution in [0.2, 0.25) is 0 Å². The van der Waals surface area contributed by atoms with Crippen LogP contribution >= 0.6 is 0 Å². The molecule has 0 saturated heterocycles. The summed E-state index contributed by atoms with van der Waals surface area (Å²) in [6.07, 6.45) is 1.54. The predicted octanol–water partition coefficient (Wildman–Crippen LogP) is 0.909. The Hall–Kier alpha value is -1.14. The van der Waals surface area contributed by atoms with E-state index in [0.29, 0.717) is 6.42 Å². The number of allylic oxidation sites excluding steroid dienone is 2. The van der Waals surface area contributed by atoms with Crippen molar-refractivity contribution in [2.75, 3.05) is 0 Å². The first-order chi connectivity index (χ1) is 4.26. The Morgan fingerprint density at radius 3 is 2.44 bits per heavy atom. The molecule has 0 fully saturated rings. The van der Waals surface area contributed by atoms with Crippen molar-refractivity contribution in [2.45, 2.75) is 13.3 Å². The minimum Gasteiger partial charge on any atom is -0.289 e. The van der Waals surface area contributed by atoms with Crippen molar-refractivity contribution in [3.05, 3.63) is 18.2 Å². The molecule has 0 heterocycles. The first-order valence-corrected chi connectivity index (χ1v) is 2.67. The lowest BCUT2D eigenvalue weighted by molar-refractivity contribution is -0.111. The lowest BCUT2D eigenvalue weighted by atomic mass is 10.1. The van der Waals surface area contributed by atoms with Crippen molar-refractivity contribution in [3.8, 4) is 0 Å². The highest BCUT2D eigenvalue weighted by Crippen LogP contribution is 1.96. The Labute approximate surface area is 53.9 Å². The molecular formula is C7H8O2. The van der Waals surface area contributed by atoms with Crippen molar-refractivity contribution in [1.82, 2.24) is 0 Å². The smallest absolute Gasteiger partial charge is 0.192 e. The zero-order valence-corrected chi connectivity index (χ0v) is 5.31. The van der Waals surface area contributed by atoms with Crippen LogP contribution in [-0.2, 0) is 9.59 Å². The number of rotatable bonds is 3. The highest BCUT2D eigenvalue weighted by atomic mass is 16.1. The minimum absolute atomic E-state index is 0.157. The van der Waals surface area contributed by atoms with Gasteiger partial charge in [0, 0.05) is 0 Å². The maximum atomic E-state index is 10.6. The second kappa shape index (κ2) is 3.81. The Morgan fingerprint density at radius 2 is 2.33 bits per heavy atom. The van der Waals surface area contributed by atoms with Crippen LogP contribution < -0.4 is 0 Å². The molecule has 0 spiro atoms. The van der Waals surface area contributed by atoms with E-state index in [2.05, 4.69) is 6.58 Å². The molecule has 0 aromatic rings. The summed E-state index contributed by atoms with van der Waals surface area (Å²) in [4.78, 5) is 20.5. The molecule has 0 N–H and O–H groups in total. The van der Waals surface area contributed by atoms with Gasteiger partial charge >= 0.3 is 0 Å². The van der Waals surface area contributed by atoms with Crippen LogP contribution in [0.3, 0.4) is 0 Å². The fourth-order valence-electron chi connectivity index (χ4n) is 0.420. The third kappa shape index (κ3) is 2.06. The minimum atomic E-state index is -0.326. The Morgan fingerprint density at radius 1 is 1.78 bits per heavy atom. The Bertz CT molecular complexity index is 173. The third-order valence-electron chi connectivity index (χ3n) is 0.960. The molecule has 48 valence electrons. The molecule has 0 aliphatic rings. The van der Waals surface area contributed by atoms with E-state index in [-0.39, 0.29) is 11.4 Å². The summed E-state index contributed by atoms with van der Waals surface area (Å²) in [5.74, 6) is 1.22. The van der Waals surface area contributed by atoms with E-state index >= 15 is 0 Å². The molecule has 0 unspecified atom stereocenters. The number of ketones is 1. The normalized spacial score (nSPS) is 7.67. The lowest BCUT2D eigenvalue weighted by Gasteiger charge is -1.87. The fourth-order valence-corrected chi connectivity index (χ4v) is 0.420. The average molecular weight is 124 g/mol. The first-order valence-electron chi connectivity index (χ1n) is 2.67. The van der Waals surface area contributed by atoms with Crippen LogP contribution in [0, 0.1) is 0 Å².